The Bertz CT molecular complexity index is 584. The average Bonchev–Trinajstić information content (AvgIpc) is 2.41. The van der Waals surface area contributed by atoms with E-state index in [-0.39, 0.29) is 0 Å². The van der Waals surface area contributed by atoms with Crippen LogP contribution in [0.25, 0.3) is 0 Å². The largest absolute Gasteiger partial charge is 0.455 e. The zero-order chi connectivity index (χ0) is 14.5. The van der Waals surface area contributed by atoms with Crippen LogP contribution in [0.5, 0.6) is 11.5 Å². The Morgan fingerprint density at radius 2 is 2.05 bits per heavy atom. The first-order valence-corrected chi connectivity index (χ1v) is 7.45. The number of aryl methyl sites for hydroxylation is 1. The molecule has 4 heteroatoms. The molecule has 2 rings (SSSR count). The minimum atomic E-state index is 0.451. The Labute approximate surface area is 128 Å². The number of aromatic nitrogens is 1. The number of pyridine rings is 1. The van der Waals surface area contributed by atoms with Gasteiger partial charge in [0.15, 0.2) is 0 Å². The highest BCUT2D eigenvalue weighted by Gasteiger charge is 2.04. The number of hydrogen-bond acceptors (Lipinski definition) is 3. The molecule has 20 heavy (non-hydrogen) atoms. The second-order valence-corrected chi connectivity index (χ2v) is 5.99. The summed E-state index contributed by atoms with van der Waals surface area (Å²) in [5.74, 6) is 1.60. The summed E-state index contributed by atoms with van der Waals surface area (Å²) in [5, 5.41) is 3.37. The molecule has 1 aromatic carbocycles. The molecule has 0 aliphatic carbocycles. The number of nitrogens with zero attached hydrogens (tertiary/aromatic N) is 1. The standard InChI is InChI=1S/C16H19BrN2O/c1-11(2)19-9-13-6-15(10-18-8-13)20-16-7-14(17)5-4-12(16)3/h4-8,10-11,19H,9H2,1-3H3. The van der Waals surface area contributed by atoms with E-state index in [1.165, 1.54) is 0 Å². The molecule has 0 bridgehead atoms. The number of ether oxygens (including phenoxy) is 1. The summed E-state index contributed by atoms with van der Waals surface area (Å²) in [6.45, 7) is 7.07. The zero-order valence-electron chi connectivity index (χ0n) is 12.0. The van der Waals surface area contributed by atoms with E-state index < -0.39 is 0 Å². The highest BCUT2D eigenvalue weighted by atomic mass is 79.9. The summed E-state index contributed by atoms with van der Waals surface area (Å²) in [4.78, 5) is 4.23. The van der Waals surface area contributed by atoms with Crippen LogP contribution in [0.2, 0.25) is 0 Å². The fourth-order valence-corrected chi connectivity index (χ4v) is 2.09. The topological polar surface area (TPSA) is 34.1 Å². The van der Waals surface area contributed by atoms with E-state index in [0.29, 0.717) is 6.04 Å². The van der Waals surface area contributed by atoms with E-state index in [1.807, 2.05) is 37.4 Å². The molecular formula is C16H19BrN2O. The van der Waals surface area contributed by atoms with E-state index in [1.54, 1.807) is 6.20 Å². The van der Waals surface area contributed by atoms with Crippen LogP contribution in [-0.4, -0.2) is 11.0 Å². The van der Waals surface area contributed by atoms with Crippen LogP contribution < -0.4 is 10.1 Å². The Kier molecular flexibility index (Phi) is 5.15. The van der Waals surface area contributed by atoms with Crippen molar-refractivity contribution < 1.29 is 4.74 Å². The van der Waals surface area contributed by atoms with Crippen LogP contribution in [0.4, 0.5) is 0 Å². The second kappa shape index (κ2) is 6.86. The molecule has 1 heterocycles. The van der Waals surface area contributed by atoms with Gasteiger partial charge in [0.25, 0.3) is 0 Å². The highest BCUT2D eigenvalue weighted by Crippen LogP contribution is 2.28. The molecule has 1 aromatic heterocycles. The van der Waals surface area contributed by atoms with Gasteiger partial charge in [-0.05, 0) is 36.2 Å². The lowest BCUT2D eigenvalue weighted by atomic mass is 10.2. The summed E-state index contributed by atoms with van der Waals surface area (Å²) in [6.07, 6.45) is 3.59. The molecule has 0 aliphatic heterocycles. The molecule has 0 saturated heterocycles. The minimum absolute atomic E-state index is 0.451. The van der Waals surface area contributed by atoms with Gasteiger partial charge >= 0.3 is 0 Å². The molecule has 1 N–H and O–H groups in total. The summed E-state index contributed by atoms with van der Waals surface area (Å²) in [7, 11) is 0. The number of hydrogen-bond donors (Lipinski definition) is 1. The predicted molar refractivity (Wildman–Crippen MR) is 85.2 cm³/mol. The minimum Gasteiger partial charge on any atom is -0.455 e. The summed E-state index contributed by atoms with van der Waals surface area (Å²) in [6, 6.07) is 8.46. The molecule has 106 valence electrons. The SMILES string of the molecule is Cc1ccc(Br)cc1Oc1cncc(CNC(C)C)c1. The normalized spacial score (nSPS) is 10.8. The van der Waals surface area contributed by atoms with Crippen molar-refractivity contribution in [1.29, 1.82) is 0 Å². The van der Waals surface area contributed by atoms with Gasteiger partial charge in [0, 0.05) is 23.3 Å². The van der Waals surface area contributed by atoms with Crippen molar-refractivity contribution in [3.05, 3.63) is 52.3 Å². The monoisotopic (exact) mass is 334 g/mol. The number of rotatable bonds is 5. The van der Waals surface area contributed by atoms with Crippen LogP contribution in [-0.2, 0) is 6.54 Å². The van der Waals surface area contributed by atoms with Crippen molar-refractivity contribution in [3.8, 4) is 11.5 Å². The lowest BCUT2D eigenvalue weighted by Gasteiger charge is -2.11. The van der Waals surface area contributed by atoms with Crippen LogP contribution in [0.3, 0.4) is 0 Å². The van der Waals surface area contributed by atoms with Gasteiger partial charge in [0.05, 0.1) is 6.20 Å². The van der Waals surface area contributed by atoms with E-state index >= 15 is 0 Å². The van der Waals surface area contributed by atoms with Gasteiger partial charge < -0.3 is 10.1 Å². The van der Waals surface area contributed by atoms with Crippen molar-refractivity contribution in [1.82, 2.24) is 10.3 Å². The van der Waals surface area contributed by atoms with Gasteiger partial charge in [-0.25, -0.2) is 0 Å². The Morgan fingerprint density at radius 1 is 1.25 bits per heavy atom. The first-order chi connectivity index (χ1) is 9.54. The van der Waals surface area contributed by atoms with Crippen LogP contribution in [0, 0.1) is 6.92 Å². The van der Waals surface area contributed by atoms with Gasteiger partial charge in [-0.3, -0.25) is 4.98 Å². The van der Waals surface area contributed by atoms with Crippen molar-refractivity contribution >= 4 is 15.9 Å². The molecule has 0 unspecified atom stereocenters. The second-order valence-electron chi connectivity index (χ2n) is 5.08. The molecule has 3 nitrogen and oxygen atoms in total. The highest BCUT2D eigenvalue weighted by molar-refractivity contribution is 9.10. The Morgan fingerprint density at radius 3 is 2.80 bits per heavy atom. The predicted octanol–water partition coefficient (Wildman–Crippen LogP) is 4.44. The molecule has 2 aromatic rings. The smallest absolute Gasteiger partial charge is 0.146 e. The van der Waals surface area contributed by atoms with Crippen LogP contribution >= 0.6 is 15.9 Å². The maximum atomic E-state index is 5.92. The van der Waals surface area contributed by atoms with Gasteiger partial charge in [-0.2, -0.15) is 0 Å². The fourth-order valence-electron chi connectivity index (χ4n) is 1.75. The molecule has 0 atom stereocenters. The Hall–Kier alpha value is -1.39. The third-order valence-electron chi connectivity index (χ3n) is 2.86. The molecule has 0 amide bonds. The molecule has 0 spiro atoms. The fraction of sp³-hybridized carbons (Fsp3) is 0.312. The number of nitrogens with one attached hydrogen (secondary N) is 1. The van der Waals surface area contributed by atoms with Crippen LogP contribution in [0.15, 0.2) is 41.1 Å². The van der Waals surface area contributed by atoms with E-state index in [0.717, 1.165) is 33.6 Å². The van der Waals surface area contributed by atoms with Gasteiger partial charge in [-0.1, -0.05) is 35.8 Å². The van der Waals surface area contributed by atoms with Gasteiger partial charge in [-0.15, -0.1) is 0 Å². The van der Waals surface area contributed by atoms with Crippen molar-refractivity contribution in [3.63, 3.8) is 0 Å². The van der Waals surface area contributed by atoms with Gasteiger partial charge in [0.2, 0.25) is 0 Å². The van der Waals surface area contributed by atoms with Crippen LogP contribution in [0.1, 0.15) is 25.0 Å². The van der Waals surface area contributed by atoms with Crippen molar-refractivity contribution in [2.45, 2.75) is 33.4 Å². The third-order valence-corrected chi connectivity index (χ3v) is 3.36. The van der Waals surface area contributed by atoms with Gasteiger partial charge in [0.1, 0.15) is 11.5 Å². The lowest BCUT2D eigenvalue weighted by Crippen LogP contribution is -2.21. The van der Waals surface area contributed by atoms with Crippen molar-refractivity contribution in [2.24, 2.45) is 0 Å². The first kappa shape index (κ1) is 15.0. The first-order valence-electron chi connectivity index (χ1n) is 6.66. The maximum absolute atomic E-state index is 5.92. The number of benzene rings is 1. The molecule has 0 radical (unpaired) electrons. The number of halogens is 1. The lowest BCUT2D eigenvalue weighted by molar-refractivity contribution is 0.474. The van der Waals surface area contributed by atoms with E-state index in [9.17, 15) is 0 Å². The van der Waals surface area contributed by atoms with E-state index in [4.69, 9.17) is 4.74 Å². The summed E-state index contributed by atoms with van der Waals surface area (Å²) >= 11 is 3.46. The maximum Gasteiger partial charge on any atom is 0.146 e. The molecule has 0 aliphatic rings. The molecule has 0 saturated carbocycles. The Balaban J connectivity index is 2.13. The summed E-state index contributed by atoms with van der Waals surface area (Å²) < 4.78 is 6.92. The molecule has 0 fully saturated rings. The van der Waals surface area contributed by atoms with E-state index in [2.05, 4.69) is 40.1 Å². The average molecular weight is 335 g/mol. The quantitative estimate of drug-likeness (QED) is 0.877. The zero-order valence-corrected chi connectivity index (χ0v) is 13.6. The summed E-state index contributed by atoms with van der Waals surface area (Å²) in [5.41, 5.74) is 2.21. The van der Waals surface area contributed by atoms with Crippen molar-refractivity contribution in [2.75, 3.05) is 0 Å². The third kappa shape index (κ3) is 4.32. The molecular weight excluding hydrogens is 316 g/mol.